The van der Waals surface area contributed by atoms with Gasteiger partial charge in [0.2, 0.25) is 0 Å². The summed E-state index contributed by atoms with van der Waals surface area (Å²) in [5.74, 6) is -3.58. The minimum atomic E-state index is -1.57. The number of benzene rings is 2. The molecule has 1 aliphatic heterocycles. The average Bonchev–Trinajstić information content (AvgIpc) is 2.79. The van der Waals surface area contributed by atoms with Crippen LogP contribution in [0.4, 0.5) is 0 Å². The van der Waals surface area contributed by atoms with Crippen molar-refractivity contribution in [1.82, 2.24) is 10.8 Å². The highest BCUT2D eigenvalue weighted by atomic mass is 16.6. The van der Waals surface area contributed by atoms with E-state index in [9.17, 15) is 14.4 Å². The van der Waals surface area contributed by atoms with Crippen molar-refractivity contribution in [3.8, 4) is 0 Å². The van der Waals surface area contributed by atoms with Crippen LogP contribution in [0.2, 0.25) is 0 Å². The monoisotopic (exact) mass is 430 g/mol. The van der Waals surface area contributed by atoms with Gasteiger partial charge in [-0.2, -0.15) is 5.48 Å². The van der Waals surface area contributed by atoms with Crippen LogP contribution in [0, 0.1) is 0 Å². The summed E-state index contributed by atoms with van der Waals surface area (Å²) in [5.41, 5.74) is 4.84. The largest absolute Gasteiger partial charge is 0.480 e. The number of carboxylic acids is 2. The normalized spacial score (nSPS) is 17.7. The van der Waals surface area contributed by atoms with E-state index >= 15 is 0 Å². The summed E-state index contributed by atoms with van der Waals surface area (Å²) in [4.78, 5) is 36.7. The molecule has 2 atom stereocenters. The highest BCUT2D eigenvalue weighted by molar-refractivity contribution is 6.28. The van der Waals surface area contributed by atoms with Crippen LogP contribution >= 0.6 is 0 Å². The lowest BCUT2D eigenvalue weighted by molar-refractivity contribution is -0.164. The van der Waals surface area contributed by atoms with Gasteiger partial charge < -0.3 is 20.3 Å². The lowest BCUT2D eigenvalue weighted by Crippen LogP contribution is -2.50. The Kier molecular flexibility index (Phi) is 10.2. The fourth-order valence-electron chi connectivity index (χ4n) is 2.77. The second-order valence-electron chi connectivity index (χ2n) is 6.83. The molecule has 31 heavy (non-hydrogen) atoms. The standard InChI is InChI=1S/C13H18N2O3.C9H8O4/c16-13(17)12-7-6-11(8-14-12)15-18-9-10-4-2-1-3-5-10;10-8(11)9(12)13-6-7-4-2-1-3-5-7/h1-5,11-12,14-15H,6-9H2,(H,16,17);1-5H,6H2,(H,10,11)/t11-,12+;/m1./s1. The fourth-order valence-corrected chi connectivity index (χ4v) is 2.77. The van der Waals surface area contributed by atoms with Crippen LogP contribution in [0.25, 0.3) is 0 Å². The number of carbonyl (C=O) groups is 3. The van der Waals surface area contributed by atoms with Gasteiger partial charge in [0.05, 0.1) is 6.61 Å². The summed E-state index contributed by atoms with van der Waals surface area (Å²) in [6, 6.07) is 18.5. The van der Waals surface area contributed by atoms with Crippen molar-refractivity contribution in [2.24, 2.45) is 0 Å². The van der Waals surface area contributed by atoms with Gasteiger partial charge in [0.1, 0.15) is 12.6 Å². The Labute approximate surface area is 179 Å². The molecule has 0 radical (unpaired) electrons. The van der Waals surface area contributed by atoms with Crippen LogP contribution in [0.15, 0.2) is 60.7 Å². The van der Waals surface area contributed by atoms with Crippen LogP contribution in [0.1, 0.15) is 24.0 Å². The zero-order valence-electron chi connectivity index (χ0n) is 16.9. The number of ether oxygens (including phenoxy) is 1. The molecule has 0 unspecified atom stereocenters. The highest BCUT2D eigenvalue weighted by Gasteiger charge is 2.25. The molecule has 0 aromatic heterocycles. The van der Waals surface area contributed by atoms with Gasteiger partial charge in [-0.25, -0.2) is 9.59 Å². The summed E-state index contributed by atoms with van der Waals surface area (Å²) in [6.45, 7) is 1.12. The predicted octanol–water partition coefficient (Wildman–Crippen LogP) is 1.73. The van der Waals surface area contributed by atoms with Crippen LogP contribution in [0.5, 0.6) is 0 Å². The van der Waals surface area contributed by atoms with Gasteiger partial charge >= 0.3 is 17.9 Å². The number of hydrogen-bond donors (Lipinski definition) is 4. The molecular formula is C22H26N2O7. The first kappa shape index (κ1) is 24.0. The van der Waals surface area contributed by atoms with E-state index in [2.05, 4.69) is 15.5 Å². The Balaban J connectivity index is 0.000000233. The molecule has 0 amide bonds. The molecular weight excluding hydrogens is 404 g/mol. The Hall–Kier alpha value is -3.27. The number of piperidine rings is 1. The van der Waals surface area contributed by atoms with Gasteiger partial charge in [0.15, 0.2) is 0 Å². The van der Waals surface area contributed by atoms with Gasteiger partial charge in [0, 0.05) is 12.6 Å². The van der Waals surface area contributed by atoms with Crippen molar-refractivity contribution in [3.05, 3.63) is 71.8 Å². The van der Waals surface area contributed by atoms with Gasteiger partial charge in [-0.05, 0) is 24.0 Å². The summed E-state index contributed by atoms with van der Waals surface area (Å²) >= 11 is 0. The Bertz CT molecular complexity index is 822. The molecule has 3 rings (SSSR count). The number of hydroxylamine groups is 1. The number of carboxylic acid groups (broad SMARTS) is 2. The van der Waals surface area contributed by atoms with Crippen molar-refractivity contribution in [2.75, 3.05) is 6.54 Å². The second-order valence-corrected chi connectivity index (χ2v) is 6.83. The Morgan fingerprint density at radius 1 is 0.903 bits per heavy atom. The maximum Gasteiger partial charge on any atom is 0.417 e. The quantitative estimate of drug-likeness (QED) is 0.294. The molecule has 2 aromatic rings. The number of hydrogen-bond acceptors (Lipinski definition) is 7. The number of nitrogens with one attached hydrogen (secondary N) is 2. The molecule has 1 fully saturated rings. The van der Waals surface area contributed by atoms with Crippen molar-refractivity contribution < 1.29 is 34.2 Å². The third kappa shape index (κ3) is 9.39. The van der Waals surface area contributed by atoms with Crippen LogP contribution in [0.3, 0.4) is 0 Å². The molecule has 0 saturated carbocycles. The van der Waals surface area contributed by atoms with Crippen molar-refractivity contribution in [1.29, 1.82) is 0 Å². The first-order chi connectivity index (χ1) is 15.0. The Morgan fingerprint density at radius 2 is 1.48 bits per heavy atom. The lowest BCUT2D eigenvalue weighted by Gasteiger charge is -2.27. The highest BCUT2D eigenvalue weighted by Crippen LogP contribution is 2.09. The summed E-state index contributed by atoms with van der Waals surface area (Å²) in [5, 5.41) is 20.0. The van der Waals surface area contributed by atoms with E-state index in [1.807, 2.05) is 36.4 Å². The lowest BCUT2D eigenvalue weighted by atomic mass is 10.0. The maximum atomic E-state index is 10.7. The molecule has 0 spiro atoms. The van der Waals surface area contributed by atoms with E-state index in [1.54, 1.807) is 24.3 Å². The first-order valence-corrected chi connectivity index (χ1v) is 9.77. The maximum absolute atomic E-state index is 10.7. The summed E-state index contributed by atoms with van der Waals surface area (Å²) in [7, 11) is 0. The number of carbonyl (C=O) groups excluding carboxylic acids is 1. The molecule has 1 heterocycles. The second kappa shape index (κ2) is 13.1. The van der Waals surface area contributed by atoms with E-state index in [4.69, 9.17) is 15.1 Å². The van der Waals surface area contributed by atoms with Crippen molar-refractivity contribution in [3.63, 3.8) is 0 Å². The molecule has 0 bridgehead atoms. The van der Waals surface area contributed by atoms with E-state index < -0.39 is 23.9 Å². The van der Waals surface area contributed by atoms with Crippen LogP contribution in [-0.2, 0) is 37.2 Å². The zero-order valence-corrected chi connectivity index (χ0v) is 16.9. The summed E-state index contributed by atoms with van der Waals surface area (Å²) < 4.78 is 4.45. The minimum absolute atomic E-state index is 0.00796. The van der Waals surface area contributed by atoms with Crippen LogP contribution in [-0.4, -0.2) is 46.7 Å². The number of rotatable bonds is 7. The zero-order chi connectivity index (χ0) is 22.5. The number of aliphatic carboxylic acids is 2. The topological polar surface area (TPSA) is 134 Å². The minimum Gasteiger partial charge on any atom is -0.480 e. The van der Waals surface area contributed by atoms with E-state index in [0.717, 1.165) is 17.5 Å². The van der Waals surface area contributed by atoms with Gasteiger partial charge in [-0.15, -0.1) is 0 Å². The van der Waals surface area contributed by atoms with E-state index in [1.165, 1.54) is 0 Å². The predicted molar refractivity (Wildman–Crippen MR) is 111 cm³/mol. The fraction of sp³-hybridized carbons (Fsp3) is 0.318. The molecule has 2 aromatic carbocycles. The third-order valence-electron chi connectivity index (χ3n) is 4.43. The van der Waals surface area contributed by atoms with Crippen LogP contribution < -0.4 is 10.8 Å². The smallest absolute Gasteiger partial charge is 0.417 e. The molecule has 0 aliphatic carbocycles. The molecule has 4 N–H and O–H groups in total. The molecule has 166 valence electrons. The first-order valence-electron chi connectivity index (χ1n) is 9.77. The molecule has 1 aliphatic rings. The van der Waals surface area contributed by atoms with E-state index in [0.29, 0.717) is 19.6 Å². The summed E-state index contributed by atoms with van der Waals surface area (Å²) in [6.07, 6.45) is 1.43. The SMILES string of the molecule is O=C(O)C(=O)OCc1ccccc1.O=C(O)[C@@H]1CC[C@@H](NOCc2ccccc2)CN1. The van der Waals surface area contributed by atoms with Gasteiger partial charge in [-0.1, -0.05) is 60.7 Å². The van der Waals surface area contributed by atoms with Crippen molar-refractivity contribution in [2.45, 2.75) is 38.1 Å². The molecule has 1 saturated heterocycles. The Morgan fingerprint density at radius 3 is 1.97 bits per heavy atom. The van der Waals surface area contributed by atoms with Gasteiger partial charge in [-0.3, -0.25) is 9.63 Å². The molecule has 9 heteroatoms. The van der Waals surface area contributed by atoms with Gasteiger partial charge in [0.25, 0.3) is 0 Å². The average molecular weight is 430 g/mol. The number of esters is 1. The third-order valence-corrected chi connectivity index (χ3v) is 4.43. The molecule has 9 nitrogen and oxygen atoms in total. The van der Waals surface area contributed by atoms with Crippen molar-refractivity contribution >= 4 is 17.9 Å². The van der Waals surface area contributed by atoms with E-state index in [-0.39, 0.29) is 12.6 Å².